The highest BCUT2D eigenvalue weighted by atomic mass is 127. The van der Waals surface area contributed by atoms with Crippen LogP contribution in [0.25, 0.3) is 0 Å². The average Bonchev–Trinajstić information content (AvgIpc) is 3.24. The lowest BCUT2D eigenvalue weighted by Gasteiger charge is -2.40. The number of rotatable bonds is 7. The molecule has 32 heavy (non-hydrogen) atoms. The molecule has 6 nitrogen and oxygen atoms in total. The smallest absolute Gasteiger partial charge is 0.191 e. The molecule has 3 rings (SSSR count). The highest BCUT2D eigenvalue weighted by Gasteiger charge is 2.35. The van der Waals surface area contributed by atoms with Crippen molar-refractivity contribution in [1.82, 2.24) is 10.6 Å². The van der Waals surface area contributed by atoms with Gasteiger partial charge in [0.05, 0.1) is 13.2 Å². The molecular formula is C25H43IN4O2. The summed E-state index contributed by atoms with van der Waals surface area (Å²) < 4.78 is 11.5. The molecule has 1 aromatic rings. The molecule has 0 bridgehead atoms. The Hall–Kier alpha value is -1.22. The highest BCUT2D eigenvalue weighted by molar-refractivity contribution is 14.0. The molecule has 0 aliphatic carbocycles. The molecule has 0 spiro atoms. The quantitative estimate of drug-likeness (QED) is 0.293. The first-order valence-corrected chi connectivity index (χ1v) is 11.9. The predicted molar refractivity (Wildman–Crippen MR) is 145 cm³/mol. The minimum absolute atomic E-state index is 0. The number of benzene rings is 1. The van der Waals surface area contributed by atoms with E-state index in [4.69, 9.17) is 14.5 Å². The van der Waals surface area contributed by atoms with Crippen molar-refractivity contribution in [2.75, 3.05) is 51.3 Å². The number of ether oxygens (including phenoxy) is 2. The van der Waals surface area contributed by atoms with E-state index in [9.17, 15) is 0 Å². The number of guanidine groups is 1. The van der Waals surface area contributed by atoms with Crippen molar-refractivity contribution in [2.24, 2.45) is 22.2 Å². The number of aliphatic imine (C=N–C) groups is 1. The van der Waals surface area contributed by atoms with E-state index in [0.717, 1.165) is 57.5 Å². The minimum Gasteiger partial charge on any atom is -0.497 e. The van der Waals surface area contributed by atoms with Crippen LogP contribution in [0.15, 0.2) is 29.3 Å². The van der Waals surface area contributed by atoms with Crippen LogP contribution in [0.4, 0.5) is 5.69 Å². The number of nitrogens with zero attached hydrogens (tertiary/aromatic N) is 2. The third-order valence-electron chi connectivity index (χ3n) is 6.39. The first kappa shape index (κ1) is 27.0. The van der Waals surface area contributed by atoms with Gasteiger partial charge in [0.1, 0.15) is 5.75 Å². The Morgan fingerprint density at radius 2 is 2.06 bits per heavy atom. The van der Waals surface area contributed by atoms with Crippen LogP contribution >= 0.6 is 24.0 Å². The van der Waals surface area contributed by atoms with Crippen molar-refractivity contribution in [1.29, 1.82) is 0 Å². The Labute approximate surface area is 211 Å². The van der Waals surface area contributed by atoms with Crippen molar-refractivity contribution in [3.05, 3.63) is 24.3 Å². The van der Waals surface area contributed by atoms with Gasteiger partial charge in [-0.25, -0.2) is 0 Å². The molecule has 0 radical (unpaired) electrons. The second kappa shape index (κ2) is 12.9. The fraction of sp³-hybridized carbons (Fsp3) is 0.720. The molecule has 2 N–H and O–H groups in total. The second-order valence-corrected chi connectivity index (χ2v) is 9.96. The van der Waals surface area contributed by atoms with Crippen LogP contribution in [0.3, 0.4) is 0 Å². The number of methoxy groups -OCH3 is 1. The number of anilines is 1. The SMILES string of the molecule is CCNC(=NCC1CCN(c2cccc(OC)c2)C1)NCC1CCCOC1C(C)(C)C.I. The van der Waals surface area contributed by atoms with Crippen LogP contribution in [-0.4, -0.2) is 58.5 Å². The molecule has 182 valence electrons. The summed E-state index contributed by atoms with van der Waals surface area (Å²) in [6, 6.07) is 8.34. The Balaban J connectivity index is 0.00000363. The number of halogens is 1. The zero-order valence-electron chi connectivity index (χ0n) is 20.5. The van der Waals surface area contributed by atoms with Crippen molar-refractivity contribution in [3.63, 3.8) is 0 Å². The molecule has 3 unspecified atom stereocenters. The van der Waals surface area contributed by atoms with E-state index in [0.29, 0.717) is 17.9 Å². The van der Waals surface area contributed by atoms with Gasteiger partial charge in [0.25, 0.3) is 0 Å². The maximum absolute atomic E-state index is 6.14. The van der Waals surface area contributed by atoms with Crippen LogP contribution in [0.1, 0.15) is 47.0 Å². The number of nitrogens with one attached hydrogen (secondary N) is 2. The molecular weight excluding hydrogens is 515 g/mol. The lowest BCUT2D eigenvalue weighted by molar-refractivity contribution is -0.0835. The molecule has 2 heterocycles. The monoisotopic (exact) mass is 558 g/mol. The fourth-order valence-electron chi connectivity index (χ4n) is 4.82. The van der Waals surface area contributed by atoms with Gasteiger partial charge in [-0.05, 0) is 49.7 Å². The lowest BCUT2D eigenvalue weighted by atomic mass is 9.78. The van der Waals surface area contributed by atoms with Gasteiger partial charge in [-0.3, -0.25) is 4.99 Å². The molecule has 3 atom stereocenters. The minimum atomic E-state index is 0. The molecule has 2 fully saturated rings. The van der Waals surface area contributed by atoms with Crippen LogP contribution in [-0.2, 0) is 4.74 Å². The molecule has 2 aliphatic heterocycles. The largest absolute Gasteiger partial charge is 0.497 e. The van der Waals surface area contributed by atoms with E-state index in [-0.39, 0.29) is 29.4 Å². The van der Waals surface area contributed by atoms with E-state index in [1.165, 1.54) is 18.5 Å². The molecule has 0 amide bonds. The topological polar surface area (TPSA) is 58.1 Å². The summed E-state index contributed by atoms with van der Waals surface area (Å²) in [5.74, 6) is 2.94. The van der Waals surface area contributed by atoms with Gasteiger partial charge in [-0.2, -0.15) is 0 Å². The third-order valence-corrected chi connectivity index (χ3v) is 6.39. The van der Waals surface area contributed by atoms with Crippen molar-refractivity contribution in [3.8, 4) is 5.75 Å². The number of hydrogen-bond acceptors (Lipinski definition) is 4. The van der Waals surface area contributed by atoms with E-state index < -0.39 is 0 Å². The summed E-state index contributed by atoms with van der Waals surface area (Å²) >= 11 is 0. The first-order chi connectivity index (χ1) is 14.9. The zero-order chi connectivity index (χ0) is 22.3. The summed E-state index contributed by atoms with van der Waals surface area (Å²) in [5, 5.41) is 7.03. The summed E-state index contributed by atoms with van der Waals surface area (Å²) in [5.41, 5.74) is 1.40. The summed E-state index contributed by atoms with van der Waals surface area (Å²) in [4.78, 5) is 7.37. The molecule has 7 heteroatoms. The molecule has 2 saturated heterocycles. The van der Waals surface area contributed by atoms with Gasteiger partial charge < -0.3 is 25.0 Å². The van der Waals surface area contributed by atoms with Crippen molar-refractivity contribution >= 4 is 35.6 Å². The molecule has 2 aliphatic rings. The summed E-state index contributed by atoms with van der Waals surface area (Å²) in [6.45, 7) is 14.6. The van der Waals surface area contributed by atoms with Gasteiger partial charge in [-0.15, -0.1) is 24.0 Å². The van der Waals surface area contributed by atoms with Crippen molar-refractivity contribution < 1.29 is 9.47 Å². The number of hydrogen-bond donors (Lipinski definition) is 2. The van der Waals surface area contributed by atoms with Gasteiger partial charge in [0.15, 0.2) is 5.96 Å². The van der Waals surface area contributed by atoms with E-state index >= 15 is 0 Å². The molecule has 1 aromatic carbocycles. The van der Waals surface area contributed by atoms with Gasteiger partial charge >= 0.3 is 0 Å². The average molecular weight is 559 g/mol. The second-order valence-electron chi connectivity index (χ2n) is 9.96. The first-order valence-electron chi connectivity index (χ1n) is 11.9. The van der Waals surface area contributed by atoms with E-state index in [1.807, 2.05) is 6.07 Å². The Kier molecular flexibility index (Phi) is 10.9. The van der Waals surface area contributed by atoms with Gasteiger partial charge in [0.2, 0.25) is 0 Å². The normalized spacial score (nSPS) is 24.1. The lowest BCUT2D eigenvalue weighted by Crippen LogP contribution is -2.47. The van der Waals surface area contributed by atoms with Crippen LogP contribution < -0.4 is 20.3 Å². The molecule has 0 aromatic heterocycles. The van der Waals surface area contributed by atoms with E-state index in [2.05, 4.69) is 61.4 Å². The zero-order valence-corrected chi connectivity index (χ0v) is 22.9. The highest BCUT2D eigenvalue weighted by Crippen LogP contribution is 2.33. The maximum atomic E-state index is 6.14. The van der Waals surface area contributed by atoms with Crippen molar-refractivity contribution in [2.45, 2.75) is 53.1 Å². The molecule has 0 saturated carbocycles. The third kappa shape index (κ3) is 7.68. The fourth-order valence-corrected chi connectivity index (χ4v) is 4.82. The van der Waals surface area contributed by atoms with Crippen LogP contribution in [0.2, 0.25) is 0 Å². The Bertz CT molecular complexity index is 722. The van der Waals surface area contributed by atoms with Gasteiger partial charge in [-0.1, -0.05) is 26.8 Å². The summed E-state index contributed by atoms with van der Waals surface area (Å²) in [7, 11) is 1.72. The van der Waals surface area contributed by atoms with Crippen LogP contribution in [0, 0.1) is 17.3 Å². The Morgan fingerprint density at radius 3 is 2.78 bits per heavy atom. The summed E-state index contributed by atoms with van der Waals surface area (Å²) in [6.07, 6.45) is 3.83. The Morgan fingerprint density at radius 1 is 1.25 bits per heavy atom. The maximum Gasteiger partial charge on any atom is 0.191 e. The van der Waals surface area contributed by atoms with Gasteiger partial charge in [0, 0.05) is 57.0 Å². The van der Waals surface area contributed by atoms with E-state index in [1.54, 1.807) is 7.11 Å². The standard InChI is InChI=1S/C25H42N4O2.HI/c1-6-26-24(28-17-20-9-8-14-31-23(20)25(2,3)4)27-16-19-12-13-29(18-19)21-10-7-11-22(15-21)30-5;/h7,10-11,15,19-20,23H,6,8-9,12-14,16-18H2,1-5H3,(H2,26,27,28);1H. The van der Waals surface area contributed by atoms with Crippen LogP contribution in [0.5, 0.6) is 5.75 Å². The predicted octanol–water partition coefficient (Wildman–Crippen LogP) is 4.54.